The van der Waals surface area contributed by atoms with E-state index in [4.69, 9.17) is 22.6 Å². The number of anilines is 1. The molecule has 0 aliphatic heterocycles. The van der Waals surface area contributed by atoms with Crippen LogP contribution in [-0.4, -0.2) is 4.98 Å². The number of benzene rings is 1. The van der Waals surface area contributed by atoms with Crippen molar-refractivity contribution >= 4 is 28.1 Å². The molecule has 0 spiro atoms. The van der Waals surface area contributed by atoms with Crippen LogP contribution in [0.5, 0.6) is 0 Å². The van der Waals surface area contributed by atoms with Gasteiger partial charge < -0.3 is 5.73 Å². The molecule has 1 aromatic carbocycles. The van der Waals surface area contributed by atoms with E-state index in [0.29, 0.717) is 22.1 Å². The van der Waals surface area contributed by atoms with Crippen LogP contribution in [0.1, 0.15) is 21.7 Å². The Bertz CT molecular complexity index is 598. The molecule has 2 N–H and O–H groups in total. The van der Waals surface area contributed by atoms with Gasteiger partial charge in [0.1, 0.15) is 0 Å². The highest BCUT2D eigenvalue weighted by molar-refractivity contribution is 7.15. The number of nitriles is 1. The van der Waals surface area contributed by atoms with Crippen LogP contribution in [0.2, 0.25) is 5.02 Å². The summed E-state index contributed by atoms with van der Waals surface area (Å²) < 4.78 is 0. The minimum atomic E-state index is 0.560. The maximum Gasteiger partial charge on any atom is 0.180 e. The average Bonchev–Trinajstić information content (AvgIpc) is 2.60. The maximum absolute atomic E-state index is 8.85. The summed E-state index contributed by atoms with van der Waals surface area (Å²) in [6.45, 7) is 1.92. The Morgan fingerprint density at radius 3 is 2.88 bits per heavy atom. The van der Waals surface area contributed by atoms with Crippen LogP contribution < -0.4 is 5.73 Å². The highest BCUT2D eigenvalue weighted by Crippen LogP contribution is 2.26. The van der Waals surface area contributed by atoms with Crippen LogP contribution >= 0.6 is 22.9 Å². The molecule has 1 heterocycles. The lowest BCUT2D eigenvalue weighted by molar-refractivity contribution is 1.15. The number of halogens is 1. The monoisotopic (exact) mass is 263 g/mol. The number of aryl methyl sites for hydroxylation is 1. The second kappa shape index (κ2) is 4.74. The van der Waals surface area contributed by atoms with Crippen LogP contribution in [0.3, 0.4) is 0 Å². The number of nitrogens with zero attached hydrogens (tertiary/aromatic N) is 2. The Morgan fingerprint density at radius 2 is 2.29 bits per heavy atom. The van der Waals surface area contributed by atoms with Gasteiger partial charge in [-0.25, -0.2) is 4.98 Å². The van der Waals surface area contributed by atoms with E-state index in [-0.39, 0.29) is 0 Å². The molecule has 2 rings (SSSR count). The van der Waals surface area contributed by atoms with E-state index in [1.54, 1.807) is 18.2 Å². The Balaban J connectivity index is 2.36. The van der Waals surface area contributed by atoms with Gasteiger partial charge in [0.2, 0.25) is 0 Å². The Morgan fingerprint density at radius 1 is 1.53 bits per heavy atom. The summed E-state index contributed by atoms with van der Waals surface area (Å²) in [6, 6.07) is 7.36. The van der Waals surface area contributed by atoms with Gasteiger partial charge in [0, 0.05) is 16.3 Å². The topological polar surface area (TPSA) is 62.7 Å². The molecular weight excluding hydrogens is 254 g/mol. The molecule has 86 valence electrons. The van der Waals surface area contributed by atoms with E-state index in [9.17, 15) is 0 Å². The number of nitrogen functional groups attached to an aromatic ring is 1. The normalized spacial score (nSPS) is 10.2. The molecule has 0 radical (unpaired) electrons. The Hall–Kier alpha value is -1.57. The highest BCUT2D eigenvalue weighted by atomic mass is 35.5. The fraction of sp³-hybridized carbons (Fsp3) is 0.167. The van der Waals surface area contributed by atoms with Crippen molar-refractivity contribution in [3.8, 4) is 6.07 Å². The van der Waals surface area contributed by atoms with Crippen molar-refractivity contribution in [2.24, 2.45) is 0 Å². The first kappa shape index (κ1) is 11.9. The Kier molecular flexibility index (Phi) is 3.32. The Labute approximate surface area is 108 Å². The van der Waals surface area contributed by atoms with Crippen LogP contribution in [0.4, 0.5) is 5.13 Å². The van der Waals surface area contributed by atoms with Gasteiger partial charge in [0.05, 0.1) is 17.3 Å². The molecule has 1 aromatic heterocycles. The fourth-order valence-electron chi connectivity index (χ4n) is 1.57. The van der Waals surface area contributed by atoms with E-state index < -0.39 is 0 Å². The number of hydrogen-bond acceptors (Lipinski definition) is 4. The fourth-order valence-corrected chi connectivity index (χ4v) is 2.61. The van der Waals surface area contributed by atoms with E-state index in [0.717, 1.165) is 16.1 Å². The second-order valence-electron chi connectivity index (χ2n) is 3.66. The zero-order chi connectivity index (χ0) is 12.4. The molecule has 0 fully saturated rings. The largest absolute Gasteiger partial charge is 0.375 e. The van der Waals surface area contributed by atoms with Crippen LogP contribution in [0.15, 0.2) is 18.2 Å². The van der Waals surface area contributed by atoms with Crippen molar-refractivity contribution in [1.82, 2.24) is 4.98 Å². The number of rotatable bonds is 2. The van der Waals surface area contributed by atoms with Gasteiger partial charge in [-0.05, 0) is 30.7 Å². The molecule has 5 heteroatoms. The van der Waals surface area contributed by atoms with Crippen LogP contribution in [0.25, 0.3) is 0 Å². The number of aromatic nitrogens is 1. The van der Waals surface area contributed by atoms with Crippen LogP contribution in [0, 0.1) is 18.3 Å². The van der Waals surface area contributed by atoms with Gasteiger partial charge in [-0.3, -0.25) is 0 Å². The molecular formula is C12H10ClN3S. The molecule has 0 aliphatic carbocycles. The third kappa shape index (κ3) is 2.57. The van der Waals surface area contributed by atoms with Gasteiger partial charge >= 0.3 is 0 Å². The smallest absolute Gasteiger partial charge is 0.180 e. The summed E-state index contributed by atoms with van der Waals surface area (Å²) in [5.74, 6) is 0. The molecule has 0 amide bonds. The molecule has 0 saturated heterocycles. The summed E-state index contributed by atoms with van der Waals surface area (Å²) >= 11 is 7.56. The van der Waals surface area contributed by atoms with Crippen molar-refractivity contribution in [1.29, 1.82) is 5.26 Å². The lowest BCUT2D eigenvalue weighted by atomic mass is 10.1. The molecule has 3 nitrogen and oxygen atoms in total. The minimum Gasteiger partial charge on any atom is -0.375 e. The van der Waals surface area contributed by atoms with Gasteiger partial charge in [0.15, 0.2) is 5.13 Å². The predicted octanol–water partition coefficient (Wildman–Crippen LogP) is 3.15. The van der Waals surface area contributed by atoms with E-state index in [1.165, 1.54) is 11.3 Å². The lowest BCUT2D eigenvalue weighted by Gasteiger charge is -2.03. The summed E-state index contributed by atoms with van der Waals surface area (Å²) in [4.78, 5) is 5.25. The van der Waals surface area contributed by atoms with E-state index in [1.807, 2.05) is 6.92 Å². The minimum absolute atomic E-state index is 0.560. The molecule has 0 bridgehead atoms. The first-order chi connectivity index (χ1) is 8.10. The van der Waals surface area contributed by atoms with Crippen molar-refractivity contribution in [2.75, 3.05) is 5.73 Å². The number of nitrogens with two attached hydrogens (primary N) is 1. The predicted molar refractivity (Wildman–Crippen MR) is 70.2 cm³/mol. The highest BCUT2D eigenvalue weighted by Gasteiger charge is 2.09. The average molecular weight is 264 g/mol. The zero-order valence-electron chi connectivity index (χ0n) is 9.20. The third-order valence-corrected chi connectivity index (χ3v) is 3.79. The van der Waals surface area contributed by atoms with Gasteiger partial charge in [-0.1, -0.05) is 11.6 Å². The molecule has 0 saturated carbocycles. The van der Waals surface area contributed by atoms with Crippen molar-refractivity contribution in [3.05, 3.63) is 44.9 Å². The first-order valence-corrected chi connectivity index (χ1v) is 6.20. The number of hydrogen-bond donors (Lipinski definition) is 1. The molecule has 2 aromatic rings. The second-order valence-corrected chi connectivity index (χ2v) is 5.18. The van der Waals surface area contributed by atoms with Crippen molar-refractivity contribution in [3.63, 3.8) is 0 Å². The van der Waals surface area contributed by atoms with Crippen LogP contribution in [-0.2, 0) is 6.42 Å². The molecule has 0 unspecified atom stereocenters. The van der Waals surface area contributed by atoms with Gasteiger partial charge in [-0.15, -0.1) is 11.3 Å². The third-order valence-electron chi connectivity index (χ3n) is 2.44. The summed E-state index contributed by atoms with van der Waals surface area (Å²) in [6.07, 6.45) is 0.662. The summed E-state index contributed by atoms with van der Waals surface area (Å²) in [5, 5.41) is 10.1. The molecule has 17 heavy (non-hydrogen) atoms. The van der Waals surface area contributed by atoms with Crippen molar-refractivity contribution < 1.29 is 0 Å². The molecule has 0 atom stereocenters. The standard InChI is InChI=1S/C12H10ClN3S/c1-7-11(17-12(15)16-7)5-9-4-8(6-14)2-3-10(9)13/h2-4H,5H2,1H3,(H2,15,16). The molecule has 0 aliphatic rings. The van der Waals surface area contributed by atoms with Crippen molar-refractivity contribution in [2.45, 2.75) is 13.3 Å². The van der Waals surface area contributed by atoms with E-state index >= 15 is 0 Å². The van der Waals surface area contributed by atoms with Gasteiger partial charge in [-0.2, -0.15) is 5.26 Å². The lowest BCUT2D eigenvalue weighted by Crippen LogP contribution is -1.90. The maximum atomic E-state index is 8.85. The van der Waals surface area contributed by atoms with E-state index in [2.05, 4.69) is 11.1 Å². The van der Waals surface area contributed by atoms with Gasteiger partial charge in [0.25, 0.3) is 0 Å². The summed E-state index contributed by atoms with van der Waals surface area (Å²) in [7, 11) is 0. The SMILES string of the molecule is Cc1nc(N)sc1Cc1cc(C#N)ccc1Cl. The number of thiazole rings is 1. The zero-order valence-corrected chi connectivity index (χ0v) is 10.8. The summed E-state index contributed by atoms with van der Waals surface area (Å²) in [5.41, 5.74) is 8.11. The first-order valence-electron chi connectivity index (χ1n) is 5.00. The quantitative estimate of drug-likeness (QED) is 0.905.